The molecule has 2 rings (SSSR count). The molecule has 2 aliphatic rings. The molecule has 0 spiro atoms. The minimum Gasteiger partial charge on any atom is -0.469 e. The molecule has 0 saturated carbocycles. The second-order valence-electron chi connectivity index (χ2n) is 4.36. The van der Waals surface area contributed by atoms with Gasteiger partial charge in [-0.3, -0.25) is 4.79 Å². The van der Waals surface area contributed by atoms with Crippen molar-refractivity contribution in [3.63, 3.8) is 0 Å². The third-order valence-electron chi connectivity index (χ3n) is 2.78. The van der Waals surface area contributed by atoms with E-state index in [2.05, 4.69) is 0 Å². The standard InChI is InChI=1S/C11H16O4/c1-11(2)14-8-6-4-5-7(9(8)15-11)10(12)13-3/h4,6-9H,5H2,1-3H3/t7-,8+,9-/m0/s1. The van der Waals surface area contributed by atoms with E-state index in [-0.39, 0.29) is 24.1 Å². The van der Waals surface area contributed by atoms with Crippen LogP contribution in [0.2, 0.25) is 0 Å². The van der Waals surface area contributed by atoms with E-state index in [4.69, 9.17) is 14.2 Å². The van der Waals surface area contributed by atoms with Crippen LogP contribution in [0.4, 0.5) is 0 Å². The minimum atomic E-state index is -0.615. The van der Waals surface area contributed by atoms with Crippen LogP contribution in [0.1, 0.15) is 20.3 Å². The van der Waals surface area contributed by atoms with Gasteiger partial charge in [0, 0.05) is 0 Å². The number of fused-ring (bicyclic) bond motifs is 1. The van der Waals surface area contributed by atoms with Gasteiger partial charge in [-0.2, -0.15) is 0 Å². The normalized spacial score (nSPS) is 37.4. The maximum Gasteiger partial charge on any atom is 0.311 e. The Labute approximate surface area is 89.2 Å². The zero-order valence-corrected chi connectivity index (χ0v) is 9.23. The summed E-state index contributed by atoms with van der Waals surface area (Å²) in [5.41, 5.74) is 0. The van der Waals surface area contributed by atoms with Crippen molar-refractivity contribution in [3.8, 4) is 0 Å². The Morgan fingerprint density at radius 2 is 2.20 bits per heavy atom. The second-order valence-corrected chi connectivity index (χ2v) is 4.36. The summed E-state index contributed by atoms with van der Waals surface area (Å²) in [6.07, 6.45) is 4.23. The first kappa shape index (κ1) is 10.6. The summed E-state index contributed by atoms with van der Waals surface area (Å²) in [7, 11) is 1.40. The number of esters is 1. The summed E-state index contributed by atoms with van der Waals surface area (Å²) in [6, 6.07) is 0. The number of hydrogen-bond acceptors (Lipinski definition) is 4. The van der Waals surface area contributed by atoms with Gasteiger partial charge in [-0.1, -0.05) is 12.2 Å². The lowest BCUT2D eigenvalue weighted by atomic mass is 9.89. The first-order valence-electron chi connectivity index (χ1n) is 5.13. The predicted octanol–water partition coefficient (Wildman–Crippen LogP) is 1.26. The summed E-state index contributed by atoms with van der Waals surface area (Å²) in [6.45, 7) is 3.71. The Morgan fingerprint density at radius 1 is 1.47 bits per heavy atom. The number of carbonyl (C=O) groups excluding carboxylic acids is 1. The summed E-state index contributed by atoms with van der Waals surface area (Å²) < 4.78 is 16.1. The van der Waals surface area contributed by atoms with Gasteiger partial charge in [-0.25, -0.2) is 0 Å². The van der Waals surface area contributed by atoms with Crippen molar-refractivity contribution in [2.45, 2.75) is 38.3 Å². The molecule has 1 aliphatic heterocycles. The molecular formula is C11H16O4. The molecule has 0 aromatic rings. The van der Waals surface area contributed by atoms with Crippen LogP contribution in [0.3, 0.4) is 0 Å². The van der Waals surface area contributed by atoms with Gasteiger partial charge >= 0.3 is 5.97 Å². The molecule has 0 bridgehead atoms. The van der Waals surface area contributed by atoms with Crippen molar-refractivity contribution in [3.05, 3.63) is 12.2 Å². The van der Waals surface area contributed by atoms with Crippen LogP contribution in [0.25, 0.3) is 0 Å². The lowest BCUT2D eigenvalue weighted by Crippen LogP contribution is -2.38. The highest BCUT2D eigenvalue weighted by Gasteiger charge is 2.47. The average Bonchev–Trinajstić information content (AvgIpc) is 2.49. The molecule has 3 atom stereocenters. The molecule has 0 N–H and O–H groups in total. The van der Waals surface area contributed by atoms with E-state index >= 15 is 0 Å². The van der Waals surface area contributed by atoms with E-state index in [1.165, 1.54) is 7.11 Å². The summed E-state index contributed by atoms with van der Waals surface area (Å²) in [4.78, 5) is 11.5. The molecule has 1 saturated heterocycles. The van der Waals surface area contributed by atoms with E-state index in [1.54, 1.807) is 0 Å². The molecule has 4 nitrogen and oxygen atoms in total. The zero-order valence-electron chi connectivity index (χ0n) is 9.23. The van der Waals surface area contributed by atoms with E-state index in [0.717, 1.165) is 0 Å². The van der Waals surface area contributed by atoms with Crippen molar-refractivity contribution in [2.24, 2.45) is 5.92 Å². The first-order valence-corrected chi connectivity index (χ1v) is 5.13. The molecule has 0 amide bonds. The van der Waals surface area contributed by atoms with Crippen LogP contribution >= 0.6 is 0 Å². The smallest absolute Gasteiger partial charge is 0.311 e. The molecule has 0 aromatic carbocycles. The van der Waals surface area contributed by atoms with Gasteiger partial charge in [-0.15, -0.1) is 0 Å². The fourth-order valence-corrected chi connectivity index (χ4v) is 2.15. The fourth-order valence-electron chi connectivity index (χ4n) is 2.15. The molecule has 0 unspecified atom stereocenters. The second kappa shape index (κ2) is 3.61. The maximum absolute atomic E-state index is 11.5. The SMILES string of the molecule is COC(=O)[C@H]1CC=C[C@H]2OC(C)(C)O[C@@H]12. The molecule has 1 fully saturated rings. The van der Waals surface area contributed by atoms with Crippen LogP contribution in [-0.2, 0) is 19.0 Å². The van der Waals surface area contributed by atoms with Crippen molar-refractivity contribution < 1.29 is 19.0 Å². The van der Waals surface area contributed by atoms with Gasteiger partial charge in [0.25, 0.3) is 0 Å². The average molecular weight is 212 g/mol. The van der Waals surface area contributed by atoms with Crippen LogP contribution in [0.5, 0.6) is 0 Å². The van der Waals surface area contributed by atoms with Crippen molar-refractivity contribution in [2.75, 3.05) is 7.11 Å². The monoisotopic (exact) mass is 212 g/mol. The molecule has 1 heterocycles. The van der Waals surface area contributed by atoms with E-state index in [0.29, 0.717) is 6.42 Å². The number of ether oxygens (including phenoxy) is 3. The lowest BCUT2D eigenvalue weighted by Gasteiger charge is -2.25. The lowest BCUT2D eigenvalue weighted by molar-refractivity contribution is -0.161. The third-order valence-corrected chi connectivity index (χ3v) is 2.78. The molecule has 0 aromatic heterocycles. The third kappa shape index (κ3) is 1.92. The minimum absolute atomic E-state index is 0.127. The Balaban J connectivity index is 2.17. The van der Waals surface area contributed by atoms with Crippen molar-refractivity contribution >= 4 is 5.97 Å². The molecule has 15 heavy (non-hydrogen) atoms. The number of carbonyl (C=O) groups is 1. The Hall–Kier alpha value is -0.870. The van der Waals surface area contributed by atoms with Gasteiger partial charge in [-0.05, 0) is 20.3 Å². The van der Waals surface area contributed by atoms with Gasteiger partial charge in [0.15, 0.2) is 5.79 Å². The van der Waals surface area contributed by atoms with Gasteiger partial charge < -0.3 is 14.2 Å². The molecule has 84 valence electrons. The predicted molar refractivity (Wildman–Crippen MR) is 53.1 cm³/mol. The molecular weight excluding hydrogens is 196 g/mol. The number of allylic oxidation sites excluding steroid dienone is 1. The molecule has 1 aliphatic carbocycles. The topological polar surface area (TPSA) is 44.8 Å². The van der Waals surface area contributed by atoms with E-state index in [1.807, 2.05) is 26.0 Å². The van der Waals surface area contributed by atoms with Crippen LogP contribution < -0.4 is 0 Å². The number of methoxy groups -OCH3 is 1. The van der Waals surface area contributed by atoms with Crippen LogP contribution in [0, 0.1) is 5.92 Å². The Kier molecular flexibility index (Phi) is 2.56. The Morgan fingerprint density at radius 3 is 2.87 bits per heavy atom. The summed E-state index contributed by atoms with van der Waals surface area (Å²) in [5, 5.41) is 0. The van der Waals surface area contributed by atoms with Crippen LogP contribution in [-0.4, -0.2) is 31.1 Å². The van der Waals surface area contributed by atoms with Gasteiger partial charge in [0.1, 0.15) is 12.2 Å². The number of hydrogen-bond donors (Lipinski definition) is 0. The van der Waals surface area contributed by atoms with Crippen LogP contribution in [0.15, 0.2) is 12.2 Å². The van der Waals surface area contributed by atoms with E-state index < -0.39 is 5.79 Å². The number of rotatable bonds is 1. The maximum atomic E-state index is 11.5. The quantitative estimate of drug-likeness (QED) is 0.485. The highest BCUT2D eigenvalue weighted by Crippen LogP contribution is 2.37. The molecule has 4 heteroatoms. The summed E-state index contributed by atoms with van der Waals surface area (Å²) in [5.74, 6) is -1.08. The van der Waals surface area contributed by atoms with Crippen molar-refractivity contribution in [1.82, 2.24) is 0 Å². The zero-order chi connectivity index (χ0) is 11.1. The Bertz CT molecular complexity index is 295. The van der Waals surface area contributed by atoms with E-state index in [9.17, 15) is 4.79 Å². The first-order chi connectivity index (χ1) is 7.03. The summed E-state index contributed by atoms with van der Waals surface area (Å²) >= 11 is 0. The highest BCUT2D eigenvalue weighted by atomic mass is 16.8. The fraction of sp³-hybridized carbons (Fsp3) is 0.727. The largest absolute Gasteiger partial charge is 0.469 e. The molecule has 0 radical (unpaired) electrons. The van der Waals surface area contributed by atoms with Gasteiger partial charge in [0.05, 0.1) is 13.0 Å². The van der Waals surface area contributed by atoms with Gasteiger partial charge in [0.2, 0.25) is 0 Å². The van der Waals surface area contributed by atoms with Crippen molar-refractivity contribution in [1.29, 1.82) is 0 Å². The highest BCUT2D eigenvalue weighted by molar-refractivity contribution is 5.73.